The summed E-state index contributed by atoms with van der Waals surface area (Å²) in [6.45, 7) is 12.1. The van der Waals surface area contributed by atoms with Crippen molar-refractivity contribution in [3.63, 3.8) is 0 Å². The molecule has 0 aliphatic heterocycles. The fourth-order valence-electron chi connectivity index (χ4n) is 6.09. The van der Waals surface area contributed by atoms with Crippen LogP contribution in [0.15, 0.2) is 73.8 Å². The third-order valence-corrected chi connectivity index (χ3v) is 12.1. The second-order valence-electron chi connectivity index (χ2n) is 13.0. The molecule has 2 fully saturated rings. The molecule has 4 rings (SSSR count). The molecule has 2 aliphatic carbocycles. The van der Waals surface area contributed by atoms with E-state index >= 15 is 0 Å². The molecule has 2 unspecified atom stereocenters. The topological polar surface area (TPSA) is 71.1 Å². The van der Waals surface area contributed by atoms with E-state index in [1.165, 1.54) is 76.4 Å². The Balaban J connectivity index is 0.00000417. The van der Waals surface area contributed by atoms with Crippen LogP contribution < -0.4 is 9.47 Å². The molecule has 47 heavy (non-hydrogen) atoms. The van der Waals surface area contributed by atoms with Gasteiger partial charge in [0.05, 0.1) is 0 Å². The number of rotatable bonds is 18. The minimum absolute atomic E-state index is 0. The van der Waals surface area contributed by atoms with Crippen LogP contribution in [0.5, 0.6) is 11.5 Å². The summed E-state index contributed by atoms with van der Waals surface area (Å²) >= 11 is 3.77. The van der Waals surface area contributed by atoms with Crippen LogP contribution in [0.2, 0.25) is 0 Å². The summed E-state index contributed by atoms with van der Waals surface area (Å²) in [6.07, 6.45) is 14.4. The predicted molar refractivity (Wildman–Crippen MR) is 199 cm³/mol. The van der Waals surface area contributed by atoms with E-state index in [0.717, 1.165) is 34.1 Å². The average molecular weight is 685 g/mol. The number of hydrogen-bond donors (Lipinski definition) is 0. The molecule has 2 aliphatic rings. The van der Waals surface area contributed by atoms with E-state index < -0.39 is 11.9 Å². The maximum absolute atomic E-state index is 12.0. The Hall–Kier alpha value is -2.84. The number of esters is 2. The number of hydrogen-bond acceptors (Lipinski definition) is 8. The molecular formula is C39H56O6S2. The first-order valence-corrected chi connectivity index (χ1v) is 19.2. The van der Waals surface area contributed by atoms with Gasteiger partial charge in [-0.15, -0.1) is 0 Å². The summed E-state index contributed by atoms with van der Waals surface area (Å²) in [5.41, 5.74) is 2.04. The van der Waals surface area contributed by atoms with Crippen molar-refractivity contribution in [1.82, 2.24) is 0 Å². The van der Waals surface area contributed by atoms with E-state index in [2.05, 4.69) is 51.3 Å². The van der Waals surface area contributed by atoms with Crippen LogP contribution in [0.25, 0.3) is 0 Å². The highest BCUT2D eigenvalue weighted by molar-refractivity contribution is 8.00. The number of ether oxygens (including phenoxy) is 4. The van der Waals surface area contributed by atoms with Gasteiger partial charge >= 0.3 is 11.9 Å². The van der Waals surface area contributed by atoms with Gasteiger partial charge in [-0.05, 0) is 61.1 Å². The molecule has 0 radical (unpaired) electrons. The van der Waals surface area contributed by atoms with Crippen molar-refractivity contribution in [2.75, 3.05) is 24.7 Å². The van der Waals surface area contributed by atoms with Crippen molar-refractivity contribution in [1.29, 1.82) is 0 Å². The van der Waals surface area contributed by atoms with Crippen molar-refractivity contribution < 1.29 is 31.4 Å². The Labute approximate surface area is 293 Å². The van der Waals surface area contributed by atoms with Crippen LogP contribution >= 0.6 is 23.5 Å². The summed E-state index contributed by atoms with van der Waals surface area (Å²) < 4.78 is 23.4. The molecule has 6 nitrogen and oxygen atoms in total. The Morgan fingerprint density at radius 3 is 1.40 bits per heavy atom. The lowest BCUT2D eigenvalue weighted by atomic mass is 9.78. The molecule has 0 bridgehead atoms. The molecule has 0 N–H and O–H groups in total. The summed E-state index contributed by atoms with van der Waals surface area (Å²) in [4.78, 5) is 23.9. The summed E-state index contributed by atoms with van der Waals surface area (Å²) in [6, 6.07) is 16.3. The van der Waals surface area contributed by atoms with Gasteiger partial charge in [-0.2, -0.15) is 23.5 Å². The lowest BCUT2D eigenvalue weighted by Gasteiger charge is -2.27. The monoisotopic (exact) mass is 684 g/mol. The van der Waals surface area contributed by atoms with Crippen molar-refractivity contribution in [3.05, 3.63) is 85.0 Å². The van der Waals surface area contributed by atoms with Gasteiger partial charge in [0, 0.05) is 42.4 Å². The highest BCUT2D eigenvalue weighted by atomic mass is 32.2. The van der Waals surface area contributed by atoms with Gasteiger partial charge < -0.3 is 18.9 Å². The zero-order chi connectivity index (χ0) is 33.5. The van der Waals surface area contributed by atoms with Crippen molar-refractivity contribution in [2.45, 2.75) is 106 Å². The minimum Gasteiger partial charge on any atom is -0.490 e. The van der Waals surface area contributed by atoms with Crippen LogP contribution in [0.4, 0.5) is 0 Å². The Morgan fingerprint density at radius 1 is 0.702 bits per heavy atom. The number of carbonyl (C=O) groups is 2. The first-order valence-electron chi connectivity index (χ1n) is 17.1. The molecule has 0 spiro atoms. The van der Waals surface area contributed by atoms with Gasteiger partial charge in [0.25, 0.3) is 0 Å². The first-order chi connectivity index (χ1) is 22.8. The number of benzene rings is 2. The standard InChI is InChI=1S/C39H52O6S2.2H2/c1-5-37(40)44-33(27-46-35-13-9-7-10-14-35)25-42-31-21-17-29(18-22-31)39(3,4)30-19-23-32(24-20-30)43-26-34(45-38(41)6-2)28-47-36-15-11-8-12-16-36;;/h5-6,17-24,33-36H,1-2,7-16,25-28H2,3-4H3;2*1H. The van der Waals surface area contributed by atoms with E-state index in [4.69, 9.17) is 18.9 Å². The minimum atomic E-state index is -0.416. The van der Waals surface area contributed by atoms with E-state index in [1.54, 1.807) is 0 Å². The summed E-state index contributed by atoms with van der Waals surface area (Å²) in [5.74, 6) is 2.08. The molecule has 2 aromatic carbocycles. The Bertz CT molecular complexity index is 1180. The first kappa shape index (κ1) is 37.0. The molecular weight excluding hydrogens is 629 g/mol. The number of carbonyl (C=O) groups excluding carboxylic acids is 2. The van der Waals surface area contributed by atoms with Gasteiger partial charge in [0.2, 0.25) is 0 Å². The SMILES string of the molecule is C=CC(=O)OC(COc1ccc(C(C)(C)c2ccc(OCC(CSC3CCCCC3)OC(=O)C=C)cc2)cc1)CSC1CCCCC1.[HH].[HH]. The smallest absolute Gasteiger partial charge is 0.330 e. The fourth-order valence-corrected chi connectivity index (χ4v) is 8.72. The molecule has 0 saturated heterocycles. The Kier molecular flexibility index (Phi) is 15.1. The van der Waals surface area contributed by atoms with E-state index in [-0.39, 0.29) is 20.5 Å². The second kappa shape index (κ2) is 19.2. The highest BCUT2D eigenvalue weighted by Crippen LogP contribution is 2.34. The zero-order valence-electron chi connectivity index (χ0n) is 28.2. The van der Waals surface area contributed by atoms with Gasteiger partial charge in [-0.3, -0.25) is 0 Å². The van der Waals surface area contributed by atoms with Crippen LogP contribution in [-0.2, 0) is 24.5 Å². The van der Waals surface area contributed by atoms with Crippen molar-refractivity contribution in [2.24, 2.45) is 0 Å². The largest absolute Gasteiger partial charge is 0.490 e. The quantitative estimate of drug-likeness (QED) is 0.114. The zero-order valence-corrected chi connectivity index (χ0v) is 29.8. The summed E-state index contributed by atoms with van der Waals surface area (Å²) in [7, 11) is 0. The molecule has 260 valence electrons. The van der Waals surface area contributed by atoms with Crippen LogP contribution in [0, 0.1) is 0 Å². The van der Waals surface area contributed by atoms with Crippen LogP contribution in [0.3, 0.4) is 0 Å². The Morgan fingerprint density at radius 2 is 1.06 bits per heavy atom. The average Bonchev–Trinajstić information content (AvgIpc) is 3.11. The maximum Gasteiger partial charge on any atom is 0.330 e. The molecule has 0 heterocycles. The molecule has 8 heteroatoms. The summed E-state index contributed by atoms with van der Waals surface area (Å²) in [5, 5.41) is 1.26. The predicted octanol–water partition coefficient (Wildman–Crippen LogP) is 9.59. The van der Waals surface area contributed by atoms with Crippen LogP contribution in [0.1, 0.15) is 92.0 Å². The van der Waals surface area contributed by atoms with E-state index in [9.17, 15) is 9.59 Å². The van der Waals surface area contributed by atoms with Crippen LogP contribution in [-0.4, -0.2) is 59.4 Å². The molecule has 0 amide bonds. The molecule has 2 atom stereocenters. The molecule has 2 aromatic rings. The maximum atomic E-state index is 12.0. The molecule has 2 saturated carbocycles. The fraction of sp³-hybridized carbons (Fsp3) is 0.538. The van der Waals surface area contributed by atoms with E-state index in [0.29, 0.717) is 23.7 Å². The number of thioether (sulfide) groups is 2. The van der Waals surface area contributed by atoms with Gasteiger partial charge in [-0.1, -0.05) is 89.8 Å². The highest BCUT2D eigenvalue weighted by Gasteiger charge is 2.25. The molecule has 0 aromatic heterocycles. The lowest BCUT2D eigenvalue weighted by Crippen LogP contribution is -2.28. The van der Waals surface area contributed by atoms with Gasteiger partial charge in [0.1, 0.15) is 36.9 Å². The third-order valence-electron chi connectivity index (χ3n) is 9.06. The van der Waals surface area contributed by atoms with Crippen molar-refractivity contribution >= 4 is 35.5 Å². The normalized spacial score (nSPS) is 17.2. The van der Waals surface area contributed by atoms with Gasteiger partial charge in [0.15, 0.2) is 0 Å². The van der Waals surface area contributed by atoms with Crippen molar-refractivity contribution in [3.8, 4) is 11.5 Å². The lowest BCUT2D eigenvalue weighted by molar-refractivity contribution is -0.144. The van der Waals surface area contributed by atoms with Gasteiger partial charge in [-0.25, -0.2) is 9.59 Å². The third kappa shape index (κ3) is 12.3. The second-order valence-corrected chi connectivity index (χ2v) is 15.7. The van der Waals surface area contributed by atoms with E-state index in [1.807, 2.05) is 47.8 Å².